The van der Waals surface area contributed by atoms with Crippen molar-refractivity contribution in [1.82, 2.24) is 0 Å². The summed E-state index contributed by atoms with van der Waals surface area (Å²) >= 11 is 0. The maximum atomic E-state index is 5.76. The molecular weight excluding hydrogens is 184 g/mol. The summed E-state index contributed by atoms with van der Waals surface area (Å²) in [5, 5.41) is 0. The van der Waals surface area contributed by atoms with Gasteiger partial charge in [0.15, 0.2) is 0 Å². The zero-order chi connectivity index (χ0) is 11.1. The van der Waals surface area contributed by atoms with E-state index < -0.39 is 0 Å². The monoisotopic (exact) mass is 204 g/mol. The van der Waals surface area contributed by atoms with Crippen LogP contribution < -0.4 is 4.74 Å². The van der Waals surface area contributed by atoms with Gasteiger partial charge < -0.3 is 4.74 Å². The zero-order valence-corrected chi connectivity index (χ0v) is 9.92. The van der Waals surface area contributed by atoms with Crippen molar-refractivity contribution in [1.29, 1.82) is 0 Å². The first-order chi connectivity index (χ1) is 7.29. The summed E-state index contributed by atoms with van der Waals surface area (Å²) in [6, 6.07) is 6.20. The molecule has 0 aliphatic heterocycles. The van der Waals surface area contributed by atoms with Gasteiger partial charge in [0.25, 0.3) is 0 Å². The van der Waals surface area contributed by atoms with Crippen LogP contribution in [0.5, 0.6) is 5.75 Å². The van der Waals surface area contributed by atoms with Crippen molar-refractivity contribution in [3.63, 3.8) is 0 Å². The Kier molecular flexibility index (Phi) is 4.96. The molecule has 0 amide bonds. The lowest BCUT2D eigenvalue weighted by atomic mass is 10.1. The van der Waals surface area contributed by atoms with Gasteiger partial charge in [-0.05, 0) is 31.9 Å². The van der Waals surface area contributed by atoms with Gasteiger partial charge >= 0.3 is 0 Å². The number of allylic oxidation sites excluding steroid dienone is 1. The van der Waals surface area contributed by atoms with E-state index in [0.717, 1.165) is 18.8 Å². The minimum Gasteiger partial charge on any atom is -0.493 e. The molecule has 0 saturated heterocycles. The molecule has 82 valence electrons. The van der Waals surface area contributed by atoms with Gasteiger partial charge in [-0.15, -0.1) is 0 Å². The largest absolute Gasteiger partial charge is 0.493 e. The SMILES string of the molecule is C/C=C/c1c(C)cccc1OCCCC. The fraction of sp³-hybridized carbons (Fsp3) is 0.429. The third-order valence-corrected chi connectivity index (χ3v) is 2.37. The van der Waals surface area contributed by atoms with Crippen LogP contribution in [0.1, 0.15) is 37.8 Å². The smallest absolute Gasteiger partial charge is 0.126 e. The van der Waals surface area contributed by atoms with Crippen LogP contribution in [0.2, 0.25) is 0 Å². The minimum atomic E-state index is 0.810. The summed E-state index contributed by atoms with van der Waals surface area (Å²) in [7, 11) is 0. The second-order valence-corrected chi connectivity index (χ2v) is 3.69. The maximum absolute atomic E-state index is 5.76. The first-order valence-corrected chi connectivity index (χ1v) is 5.64. The summed E-state index contributed by atoms with van der Waals surface area (Å²) in [4.78, 5) is 0. The van der Waals surface area contributed by atoms with E-state index in [1.165, 1.54) is 17.5 Å². The second-order valence-electron chi connectivity index (χ2n) is 3.69. The molecule has 1 aromatic carbocycles. The van der Waals surface area contributed by atoms with Crippen molar-refractivity contribution in [3.8, 4) is 5.75 Å². The Balaban J connectivity index is 2.81. The van der Waals surface area contributed by atoms with Gasteiger partial charge in [-0.3, -0.25) is 0 Å². The molecule has 0 spiro atoms. The molecule has 0 atom stereocenters. The van der Waals surface area contributed by atoms with Gasteiger partial charge in [-0.1, -0.05) is 37.6 Å². The number of hydrogen-bond donors (Lipinski definition) is 0. The zero-order valence-electron chi connectivity index (χ0n) is 9.92. The Labute approximate surface area is 92.8 Å². The van der Waals surface area contributed by atoms with Crippen molar-refractivity contribution in [2.24, 2.45) is 0 Å². The lowest BCUT2D eigenvalue weighted by Crippen LogP contribution is -1.98. The Morgan fingerprint density at radius 2 is 2.13 bits per heavy atom. The topological polar surface area (TPSA) is 9.23 Å². The molecule has 15 heavy (non-hydrogen) atoms. The van der Waals surface area contributed by atoms with Crippen LogP contribution in [0.15, 0.2) is 24.3 Å². The molecule has 0 aliphatic carbocycles. The fourth-order valence-electron chi connectivity index (χ4n) is 1.49. The van der Waals surface area contributed by atoms with E-state index in [9.17, 15) is 0 Å². The molecule has 0 saturated carbocycles. The van der Waals surface area contributed by atoms with Crippen LogP contribution in [-0.4, -0.2) is 6.61 Å². The Hall–Kier alpha value is -1.24. The average Bonchev–Trinajstić information content (AvgIpc) is 2.23. The van der Waals surface area contributed by atoms with Gasteiger partial charge in [-0.25, -0.2) is 0 Å². The number of aryl methyl sites for hydroxylation is 1. The van der Waals surface area contributed by atoms with E-state index >= 15 is 0 Å². The standard InChI is InChI=1S/C14H20O/c1-4-6-11-15-14-10-7-9-12(3)13(14)8-5-2/h5,7-10H,4,6,11H2,1-3H3/b8-5+. The van der Waals surface area contributed by atoms with E-state index in [1.807, 2.05) is 19.1 Å². The Bertz CT molecular complexity index is 326. The van der Waals surface area contributed by atoms with Crippen molar-refractivity contribution >= 4 is 6.08 Å². The summed E-state index contributed by atoms with van der Waals surface area (Å²) in [6.07, 6.45) is 6.44. The first-order valence-electron chi connectivity index (χ1n) is 5.64. The highest BCUT2D eigenvalue weighted by atomic mass is 16.5. The van der Waals surface area contributed by atoms with Crippen molar-refractivity contribution < 1.29 is 4.74 Å². The number of rotatable bonds is 5. The second kappa shape index (κ2) is 6.28. The molecule has 0 aromatic heterocycles. The van der Waals surface area contributed by atoms with E-state index in [2.05, 4.69) is 32.1 Å². The van der Waals surface area contributed by atoms with Gasteiger partial charge in [-0.2, -0.15) is 0 Å². The van der Waals surface area contributed by atoms with Gasteiger partial charge in [0.05, 0.1) is 6.61 Å². The molecule has 0 fully saturated rings. The van der Waals surface area contributed by atoms with Crippen LogP contribution in [0.3, 0.4) is 0 Å². The summed E-state index contributed by atoms with van der Waals surface area (Å²) in [5.74, 6) is 1.00. The lowest BCUT2D eigenvalue weighted by molar-refractivity contribution is 0.308. The Morgan fingerprint density at radius 1 is 1.33 bits per heavy atom. The van der Waals surface area contributed by atoms with Crippen molar-refractivity contribution in [2.75, 3.05) is 6.61 Å². The van der Waals surface area contributed by atoms with Gasteiger partial charge in [0.2, 0.25) is 0 Å². The van der Waals surface area contributed by atoms with Crippen LogP contribution >= 0.6 is 0 Å². The number of unbranched alkanes of at least 4 members (excludes halogenated alkanes) is 1. The quantitative estimate of drug-likeness (QED) is 0.653. The van der Waals surface area contributed by atoms with Gasteiger partial charge in [0, 0.05) is 5.56 Å². The molecule has 1 aromatic rings. The van der Waals surface area contributed by atoms with Crippen LogP contribution in [0.25, 0.3) is 6.08 Å². The number of ether oxygens (including phenoxy) is 1. The highest BCUT2D eigenvalue weighted by Gasteiger charge is 2.02. The molecule has 1 nitrogen and oxygen atoms in total. The van der Waals surface area contributed by atoms with E-state index in [1.54, 1.807) is 0 Å². The summed E-state index contributed by atoms with van der Waals surface area (Å²) < 4.78 is 5.76. The lowest BCUT2D eigenvalue weighted by Gasteiger charge is -2.10. The molecular formula is C14H20O. The third-order valence-electron chi connectivity index (χ3n) is 2.37. The fourth-order valence-corrected chi connectivity index (χ4v) is 1.49. The highest BCUT2D eigenvalue weighted by molar-refractivity contribution is 5.60. The predicted molar refractivity (Wildman–Crippen MR) is 66.3 cm³/mol. The first kappa shape index (κ1) is 11.8. The van der Waals surface area contributed by atoms with Gasteiger partial charge in [0.1, 0.15) is 5.75 Å². The van der Waals surface area contributed by atoms with Crippen LogP contribution in [0, 0.1) is 6.92 Å². The number of hydrogen-bond acceptors (Lipinski definition) is 1. The van der Waals surface area contributed by atoms with Crippen molar-refractivity contribution in [3.05, 3.63) is 35.4 Å². The Morgan fingerprint density at radius 3 is 2.80 bits per heavy atom. The molecule has 1 heteroatoms. The summed E-state index contributed by atoms with van der Waals surface area (Å²) in [6.45, 7) is 7.13. The van der Waals surface area contributed by atoms with Crippen molar-refractivity contribution in [2.45, 2.75) is 33.6 Å². The molecule has 0 radical (unpaired) electrons. The van der Waals surface area contributed by atoms with Crippen LogP contribution in [0.4, 0.5) is 0 Å². The minimum absolute atomic E-state index is 0.810. The molecule has 0 N–H and O–H groups in total. The maximum Gasteiger partial charge on any atom is 0.126 e. The number of benzene rings is 1. The van der Waals surface area contributed by atoms with E-state index in [-0.39, 0.29) is 0 Å². The molecule has 0 heterocycles. The normalized spacial score (nSPS) is 10.9. The van der Waals surface area contributed by atoms with E-state index in [4.69, 9.17) is 4.74 Å². The van der Waals surface area contributed by atoms with Crippen LogP contribution in [-0.2, 0) is 0 Å². The summed E-state index contributed by atoms with van der Waals surface area (Å²) in [5.41, 5.74) is 2.47. The molecule has 0 unspecified atom stereocenters. The molecule has 0 bridgehead atoms. The molecule has 0 aliphatic rings. The molecule has 1 rings (SSSR count). The highest BCUT2D eigenvalue weighted by Crippen LogP contribution is 2.23. The van der Waals surface area contributed by atoms with E-state index in [0.29, 0.717) is 0 Å². The average molecular weight is 204 g/mol. The predicted octanol–water partition coefficient (Wildman–Crippen LogP) is 4.21. The third kappa shape index (κ3) is 3.43.